The molecule has 1 fully saturated rings. The molecule has 0 unspecified atom stereocenters. The van der Waals surface area contributed by atoms with E-state index in [1.54, 1.807) is 48.5 Å². The number of carbonyl (C=O) groups excluding carboxylic acids is 1. The summed E-state index contributed by atoms with van der Waals surface area (Å²) in [5.74, 6) is -0.0660. The second-order valence-electron chi connectivity index (χ2n) is 7.76. The predicted octanol–water partition coefficient (Wildman–Crippen LogP) is 4.41. The van der Waals surface area contributed by atoms with Crippen LogP contribution in [0, 0.1) is 6.92 Å². The molecule has 0 spiro atoms. The molecule has 0 aromatic heterocycles. The van der Waals surface area contributed by atoms with E-state index in [1.807, 2.05) is 36.1 Å². The number of piperazine rings is 1. The van der Waals surface area contributed by atoms with Gasteiger partial charge in [-0.2, -0.15) is 0 Å². The van der Waals surface area contributed by atoms with Gasteiger partial charge in [-0.1, -0.05) is 35.4 Å². The zero-order chi connectivity index (χ0) is 22.7. The van der Waals surface area contributed by atoms with Crippen LogP contribution in [0.5, 0.6) is 0 Å². The lowest BCUT2D eigenvalue weighted by Crippen LogP contribution is -2.48. The first kappa shape index (κ1) is 22.2. The fourth-order valence-electron chi connectivity index (χ4n) is 3.64. The normalized spacial score (nSPS) is 14.3. The summed E-state index contributed by atoms with van der Waals surface area (Å²) in [6, 6.07) is 20.9. The molecule has 8 heteroatoms. The fraction of sp³-hybridized carbons (Fsp3) is 0.208. The number of nitrogens with one attached hydrogen (secondary N) is 1. The molecule has 3 aromatic carbocycles. The van der Waals surface area contributed by atoms with Crippen LogP contribution < -0.4 is 9.62 Å². The van der Waals surface area contributed by atoms with Crippen LogP contribution in [-0.4, -0.2) is 45.4 Å². The van der Waals surface area contributed by atoms with Crippen LogP contribution in [0.1, 0.15) is 15.9 Å². The predicted molar refractivity (Wildman–Crippen MR) is 128 cm³/mol. The molecule has 1 amide bonds. The molecule has 0 radical (unpaired) electrons. The van der Waals surface area contributed by atoms with Crippen molar-refractivity contribution in [3.05, 3.63) is 88.9 Å². The number of hydrogen-bond acceptors (Lipinski definition) is 4. The van der Waals surface area contributed by atoms with Crippen molar-refractivity contribution in [2.24, 2.45) is 0 Å². The van der Waals surface area contributed by atoms with Crippen molar-refractivity contribution >= 4 is 38.9 Å². The maximum atomic E-state index is 12.9. The van der Waals surface area contributed by atoms with Gasteiger partial charge in [0.15, 0.2) is 0 Å². The van der Waals surface area contributed by atoms with Gasteiger partial charge in [0.25, 0.3) is 15.9 Å². The third kappa shape index (κ3) is 5.06. The van der Waals surface area contributed by atoms with Crippen molar-refractivity contribution in [3.63, 3.8) is 0 Å². The monoisotopic (exact) mass is 469 g/mol. The van der Waals surface area contributed by atoms with Crippen molar-refractivity contribution in [1.82, 2.24) is 4.90 Å². The fourth-order valence-corrected chi connectivity index (χ4v) is 4.88. The Morgan fingerprint density at radius 1 is 0.906 bits per heavy atom. The van der Waals surface area contributed by atoms with E-state index in [0.29, 0.717) is 29.4 Å². The summed E-state index contributed by atoms with van der Waals surface area (Å²) >= 11 is 6.08. The Morgan fingerprint density at radius 3 is 2.19 bits per heavy atom. The molecule has 3 aromatic rings. The van der Waals surface area contributed by atoms with Crippen LogP contribution in [0.2, 0.25) is 5.02 Å². The number of benzene rings is 3. The standard InChI is InChI=1S/C24H24ClN3O3S/c1-18-5-11-23(12-6-18)32(30,31)26-21-9-7-19(8-10-21)24(29)28-15-13-27(14-16-28)22-4-2-3-20(25)17-22/h2-12,17,26H,13-16H2,1H3. The van der Waals surface area contributed by atoms with Gasteiger partial charge in [-0.3, -0.25) is 9.52 Å². The lowest BCUT2D eigenvalue weighted by molar-refractivity contribution is 0.0747. The Morgan fingerprint density at radius 2 is 1.56 bits per heavy atom. The van der Waals surface area contributed by atoms with Crippen LogP contribution in [0.4, 0.5) is 11.4 Å². The first-order valence-corrected chi connectivity index (χ1v) is 12.2. The Balaban J connectivity index is 1.38. The number of rotatable bonds is 5. The lowest BCUT2D eigenvalue weighted by atomic mass is 10.1. The number of halogens is 1. The average molecular weight is 470 g/mol. The van der Waals surface area contributed by atoms with Crippen LogP contribution in [0.3, 0.4) is 0 Å². The number of amides is 1. The molecule has 0 aliphatic carbocycles. The lowest BCUT2D eigenvalue weighted by Gasteiger charge is -2.36. The van der Waals surface area contributed by atoms with Gasteiger partial charge in [0.1, 0.15) is 0 Å². The Hall–Kier alpha value is -3.03. The minimum atomic E-state index is -3.68. The van der Waals surface area contributed by atoms with Crippen molar-refractivity contribution < 1.29 is 13.2 Å². The van der Waals surface area contributed by atoms with E-state index in [-0.39, 0.29) is 10.8 Å². The molecule has 0 bridgehead atoms. The maximum absolute atomic E-state index is 12.9. The highest BCUT2D eigenvalue weighted by Gasteiger charge is 2.22. The summed E-state index contributed by atoms with van der Waals surface area (Å²) < 4.78 is 27.7. The quantitative estimate of drug-likeness (QED) is 0.600. The number of hydrogen-bond donors (Lipinski definition) is 1. The van der Waals surface area contributed by atoms with Gasteiger partial charge >= 0.3 is 0 Å². The van der Waals surface area contributed by atoms with E-state index in [1.165, 1.54) is 0 Å². The summed E-state index contributed by atoms with van der Waals surface area (Å²) in [4.78, 5) is 17.1. The van der Waals surface area contributed by atoms with E-state index < -0.39 is 10.0 Å². The molecule has 1 N–H and O–H groups in total. The molecule has 0 saturated carbocycles. The minimum absolute atomic E-state index is 0.0660. The molecular weight excluding hydrogens is 446 g/mol. The van der Waals surface area contributed by atoms with Gasteiger partial charge in [-0.05, 0) is 61.5 Å². The van der Waals surface area contributed by atoms with Crippen molar-refractivity contribution in [2.45, 2.75) is 11.8 Å². The van der Waals surface area contributed by atoms with Crippen molar-refractivity contribution in [1.29, 1.82) is 0 Å². The van der Waals surface area contributed by atoms with Crippen LogP contribution in [0.15, 0.2) is 77.7 Å². The van der Waals surface area contributed by atoms with E-state index in [9.17, 15) is 13.2 Å². The highest BCUT2D eigenvalue weighted by atomic mass is 35.5. The van der Waals surface area contributed by atoms with Gasteiger partial charge in [0.2, 0.25) is 0 Å². The first-order valence-electron chi connectivity index (χ1n) is 10.3. The molecule has 32 heavy (non-hydrogen) atoms. The van der Waals surface area contributed by atoms with Gasteiger partial charge in [0.05, 0.1) is 4.90 Å². The second-order valence-corrected chi connectivity index (χ2v) is 9.87. The first-order chi connectivity index (χ1) is 15.3. The van der Waals surface area contributed by atoms with Gasteiger partial charge in [0, 0.05) is 48.1 Å². The number of aryl methyl sites for hydroxylation is 1. The van der Waals surface area contributed by atoms with E-state index in [0.717, 1.165) is 24.3 Å². The number of nitrogens with zero attached hydrogens (tertiary/aromatic N) is 2. The van der Waals surface area contributed by atoms with Gasteiger partial charge < -0.3 is 9.80 Å². The van der Waals surface area contributed by atoms with Crippen LogP contribution in [-0.2, 0) is 10.0 Å². The van der Waals surface area contributed by atoms with Crippen LogP contribution >= 0.6 is 11.6 Å². The average Bonchev–Trinajstić information content (AvgIpc) is 2.79. The van der Waals surface area contributed by atoms with E-state index >= 15 is 0 Å². The molecule has 1 saturated heterocycles. The van der Waals surface area contributed by atoms with E-state index in [4.69, 9.17) is 11.6 Å². The van der Waals surface area contributed by atoms with Crippen LogP contribution in [0.25, 0.3) is 0 Å². The highest BCUT2D eigenvalue weighted by Crippen LogP contribution is 2.22. The SMILES string of the molecule is Cc1ccc(S(=O)(=O)Nc2ccc(C(=O)N3CCN(c4cccc(Cl)c4)CC3)cc2)cc1. The molecule has 0 atom stereocenters. The third-order valence-corrected chi connectivity index (χ3v) is 7.09. The van der Waals surface area contributed by atoms with E-state index in [2.05, 4.69) is 9.62 Å². The molecule has 4 rings (SSSR count). The summed E-state index contributed by atoms with van der Waals surface area (Å²) in [5.41, 5.74) is 2.97. The minimum Gasteiger partial charge on any atom is -0.368 e. The third-order valence-electron chi connectivity index (χ3n) is 5.46. The van der Waals surface area contributed by atoms with Gasteiger partial charge in [-0.25, -0.2) is 8.42 Å². The molecule has 166 valence electrons. The summed E-state index contributed by atoms with van der Waals surface area (Å²) in [6.07, 6.45) is 0. The largest absolute Gasteiger partial charge is 0.368 e. The molecule has 1 aliphatic rings. The maximum Gasteiger partial charge on any atom is 0.261 e. The molecule has 6 nitrogen and oxygen atoms in total. The zero-order valence-corrected chi connectivity index (χ0v) is 19.2. The number of sulfonamides is 1. The second kappa shape index (κ2) is 9.22. The Labute approximate surface area is 193 Å². The Bertz CT molecular complexity index is 1200. The molecule has 1 heterocycles. The molecule has 1 aliphatic heterocycles. The zero-order valence-electron chi connectivity index (χ0n) is 17.7. The highest BCUT2D eigenvalue weighted by molar-refractivity contribution is 7.92. The summed E-state index contributed by atoms with van der Waals surface area (Å²) in [6.45, 7) is 4.55. The van der Waals surface area contributed by atoms with Crippen molar-refractivity contribution in [2.75, 3.05) is 35.8 Å². The van der Waals surface area contributed by atoms with Gasteiger partial charge in [-0.15, -0.1) is 0 Å². The number of anilines is 2. The Kier molecular flexibility index (Phi) is 6.39. The summed E-state index contributed by atoms with van der Waals surface area (Å²) in [5, 5.41) is 0.694. The number of carbonyl (C=O) groups is 1. The topological polar surface area (TPSA) is 69.7 Å². The summed E-state index contributed by atoms with van der Waals surface area (Å²) in [7, 11) is -3.68. The van der Waals surface area contributed by atoms with Crippen molar-refractivity contribution in [3.8, 4) is 0 Å². The molecular formula is C24H24ClN3O3S. The smallest absolute Gasteiger partial charge is 0.261 e.